The number of rotatable bonds is 2. The summed E-state index contributed by atoms with van der Waals surface area (Å²) in [5.41, 5.74) is 8.30. The fourth-order valence-electron chi connectivity index (χ4n) is 6.10. The second-order valence-electron chi connectivity index (χ2n) is 9.60. The molecule has 1 saturated carbocycles. The van der Waals surface area contributed by atoms with Crippen LogP contribution in [-0.4, -0.2) is 18.1 Å². The maximum Gasteiger partial charge on any atom is 0.128 e. The fourth-order valence-corrected chi connectivity index (χ4v) is 6.10. The summed E-state index contributed by atoms with van der Waals surface area (Å²) in [6.45, 7) is 2.42. The number of aryl methyl sites for hydroxylation is 2. The molecule has 1 unspecified atom stereocenters. The van der Waals surface area contributed by atoms with E-state index in [0.717, 1.165) is 6.42 Å². The van der Waals surface area contributed by atoms with Crippen LogP contribution in [0.15, 0.2) is 30.3 Å². The van der Waals surface area contributed by atoms with Crippen LogP contribution in [-0.2, 0) is 25.7 Å². The molecule has 2 fully saturated rings. The quantitative estimate of drug-likeness (QED) is 0.731. The van der Waals surface area contributed by atoms with Gasteiger partial charge in [0.1, 0.15) is 5.82 Å². The van der Waals surface area contributed by atoms with Gasteiger partial charge >= 0.3 is 0 Å². The van der Waals surface area contributed by atoms with Crippen molar-refractivity contribution in [2.24, 2.45) is 5.41 Å². The lowest BCUT2D eigenvalue weighted by atomic mass is 9.63. The zero-order chi connectivity index (χ0) is 17.8. The first-order valence-corrected chi connectivity index (χ1v) is 11.1. The number of pyridine rings is 1. The number of piperidine rings is 1. The second kappa shape index (κ2) is 6.09. The average molecular weight is 359 g/mol. The summed E-state index contributed by atoms with van der Waals surface area (Å²) in [5, 5.41) is 0. The van der Waals surface area contributed by atoms with Crippen LogP contribution in [0.1, 0.15) is 72.4 Å². The van der Waals surface area contributed by atoms with Gasteiger partial charge in [0.25, 0.3) is 0 Å². The minimum Gasteiger partial charge on any atom is -0.357 e. The van der Waals surface area contributed by atoms with E-state index >= 15 is 0 Å². The highest BCUT2D eigenvalue weighted by Crippen LogP contribution is 2.49. The zero-order valence-corrected chi connectivity index (χ0v) is 16.3. The van der Waals surface area contributed by atoms with Gasteiger partial charge in [0, 0.05) is 18.8 Å². The molecule has 6 rings (SSSR count). The Balaban J connectivity index is 1.19. The van der Waals surface area contributed by atoms with Crippen LogP contribution in [0.2, 0.25) is 0 Å². The molecular formula is C25H30N2. The molecule has 1 aromatic carbocycles. The molecule has 4 aliphatic rings. The Morgan fingerprint density at radius 2 is 1.63 bits per heavy atom. The molecule has 1 saturated heterocycles. The van der Waals surface area contributed by atoms with Gasteiger partial charge in [-0.25, -0.2) is 4.98 Å². The molecule has 0 radical (unpaired) electrons. The van der Waals surface area contributed by atoms with E-state index in [0.29, 0.717) is 11.3 Å². The Labute approximate surface area is 163 Å². The van der Waals surface area contributed by atoms with Crippen molar-refractivity contribution in [2.45, 2.75) is 70.1 Å². The van der Waals surface area contributed by atoms with Crippen molar-refractivity contribution in [1.29, 1.82) is 0 Å². The van der Waals surface area contributed by atoms with E-state index in [2.05, 4.69) is 35.2 Å². The Hall–Kier alpha value is -1.83. The minimum atomic E-state index is 0.633. The molecule has 2 nitrogen and oxygen atoms in total. The minimum absolute atomic E-state index is 0.633. The van der Waals surface area contributed by atoms with Crippen molar-refractivity contribution in [3.8, 4) is 0 Å². The van der Waals surface area contributed by atoms with Crippen LogP contribution < -0.4 is 4.90 Å². The molecule has 1 aliphatic heterocycles. The van der Waals surface area contributed by atoms with Crippen LogP contribution >= 0.6 is 0 Å². The zero-order valence-electron chi connectivity index (χ0n) is 16.3. The third kappa shape index (κ3) is 2.71. The summed E-state index contributed by atoms with van der Waals surface area (Å²) >= 11 is 0. The summed E-state index contributed by atoms with van der Waals surface area (Å²) in [5.74, 6) is 1.87. The molecule has 2 aromatic rings. The third-order valence-electron chi connectivity index (χ3n) is 8.12. The predicted molar refractivity (Wildman–Crippen MR) is 111 cm³/mol. The Morgan fingerprint density at radius 3 is 2.44 bits per heavy atom. The van der Waals surface area contributed by atoms with Gasteiger partial charge < -0.3 is 4.90 Å². The van der Waals surface area contributed by atoms with Crippen molar-refractivity contribution in [1.82, 2.24) is 4.98 Å². The number of aromatic nitrogens is 1. The van der Waals surface area contributed by atoms with Crippen molar-refractivity contribution in [2.75, 3.05) is 18.0 Å². The summed E-state index contributed by atoms with van der Waals surface area (Å²) in [6, 6.07) is 12.0. The third-order valence-corrected chi connectivity index (χ3v) is 8.12. The predicted octanol–water partition coefficient (Wildman–Crippen LogP) is 5.22. The van der Waals surface area contributed by atoms with Crippen LogP contribution in [0, 0.1) is 5.41 Å². The maximum absolute atomic E-state index is 5.14. The van der Waals surface area contributed by atoms with Crippen LogP contribution in [0.5, 0.6) is 0 Å². The first-order chi connectivity index (χ1) is 13.3. The van der Waals surface area contributed by atoms with Gasteiger partial charge in [-0.15, -0.1) is 0 Å². The average Bonchev–Trinajstić information content (AvgIpc) is 3.32. The van der Waals surface area contributed by atoms with E-state index in [-0.39, 0.29) is 0 Å². The summed E-state index contributed by atoms with van der Waals surface area (Å²) in [6.07, 6.45) is 13.4. The van der Waals surface area contributed by atoms with Gasteiger partial charge in [-0.05, 0) is 97.4 Å². The lowest BCUT2D eigenvalue weighted by molar-refractivity contribution is 0.0953. The molecule has 2 heteroatoms. The molecule has 1 aromatic heterocycles. The lowest BCUT2D eigenvalue weighted by Gasteiger charge is -2.48. The standard InChI is InChI=1S/C25H30N2/c1-3-18-5-6-20(15-19(18)4-1)22-16-21-7-8-24(26-23(21)17-22)27-13-11-25(12-14-27)9-2-10-25/h5-8,15,22H,1-4,9-14,16-17H2. The van der Waals surface area contributed by atoms with E-state index in [9.17, 15) is 0 Å². The van der Waals surface area contributed by atoms with E-state index in [1.165, 1.54) is 88.0 Å². The van der Waals surface area contributed by atoms with Crippen LogP contribution in [0.3, 0.4) is 0 Å². The van der Waals surface area contributed by atoms with E-state index in [4.69, 9.17) is 4.98 Å². The summed E-state index contributed by atoms with van der Waals surface area (Å²) in [7, 11) is 0. The molecular weight excluding hydrogens is 328 g/mol. The number of hydrogen-bond acceptors (Lipinski definition) is 2. The Kier molecular flexibility index (Phi) is 3.64. The van der Waals surface area contributed by atoms with Gasteiger partial charge in [0.05, 0.1) is 0 Å². The largest absolute Gasteiger partial charge is 0.357 e. The SMILES string of the molecule is c1cc2c(cc1C1Cc3ccc(N4CCC5(CCC5)CC4)nc3C1)CCC2. The van der Waals surface area contributed by atoms with Crippen molar-refractivity contribution >= 4 is 5.82 Å². The first kappa shape index (κ1) is 16.2. The number of fused-ring (bicyclic) bond motifs is 2. The summed E-state index contributed by atoms with van der Waals surface area (Å²) in [4.78, 5) is 7.69. The molecule has 2 heterocycles. The summed E-state index contributed by atoms with van der Waals surface area (Å²) < 4.78 is 0. The number of nitrogens with zero attached hydrogens (tertiary/aromatic N) is 2. The van der Waals surface area contributed by atoms with Gasteiger partial charge in [-0.2, -0.15) is 0 Å². The molecule has 1 spiro atoms. The monoisotopic (exact) mass is 358 g/mol. The smallest absolute Gasteiger partial charge is 0.128 e. The Bertz CT molecular complexity index is 870. The highest BCUT2D eigenvalue weighted by molar-refractivity contribution is 5.46. The molecule has 0 N–H and O–H groups in total. The molecule has 140 valence electrons. The van der Waals surface area contributed by atoms with E-state index in [1.54, 1.807) is 16.7 Å². The molecule has 3 aliphatic carbocycles. The van der Waals surface area contributed by atoms with Crippen LogP contribution in [0.4, 0.5) is 5.82 Å². The maximum atomic E-state index is 5.14. The topological polar surface area (TPSA) is 16.1 Å². The van der Waals surface area contributed by atoms with E-state index in [1.807, 2.05) is 0 Å². The van der Waals surface area contributed by atoms with Crippen molar-refractivity contribution in [3.05, 3.63) is 58.3 Å². The second-order valence-corrected chi connectivity index (χ2v) is 9.60. The Morgan fingerprint density at radius 1 is 0.815 bits per heavy atom. The molecule has 27 heavy (non-hydrogen) atoms. The molecule has 0 amide bonds. The fraction of sp³-hybridized carbons (Fsp3) is 0.560. The first-order valence-electron chi connectivity index (χ1n) is 11.1. The lowest BCUT2D eigenvalue weighted by Crippen LogP contribution is -2.43. The van der Waals surface area contributed by atoms with E-state index < -0.39 is 0 Å². The molecule has 1 atom stereocenters. The molecule has 0 bridgehead atoms. The number of hydrogen-bond donors (Lipinski definition) is 0. The van der Waals surface area contributed by atoms with Crippen molar-refractivity contribution < 1.29 is 0 Å². The van der Waals surface area contributed by atoms with Gasteiger partial charge in [-0.1, -0.05) is 30.7 Å². The number of anilines is 1. The van der Waals surface area contributed by atoms with Gasteiger partial charge in [0.2, 0.25) is 0 Å². The van der Waals surface area contributed by atoms with Crippen LogP contribution in [0.25, 0.3) is 0 Å². The van der Waals surface area contributed by atoms with Crippen molar-refractivity contribution in [3.63, 3.8) is 0 Å². The highest BCUT2D eigenvalue weighted by Gasteiger charge is 2.39. The number of benzene rings is 1. The normalized spacial score (nSPS) is 25.3. The highest BCUT2D eigenvalue weighted by atomic mass is 15.2. The van der Waals surface area contributed by atoms with Gasteiger partial charge in [-0.3, -0.25) is 0 Å². The van der Waals surface area contributed by atoms with Gasteiger partial charge in [0.15, 0.2) is 0 Å².